The van der Waals surface area contributed by atoms with E-state index in [0.717, 1.165) is 13.8 Å². The molecule has 1 aliphatic carbocycles. The van der Waals surface area contributed by atoms with E-state index in [9.17, 15) is 0 Å². The smallest absolute Gasteiger partial charge is 0.300 e. The zero-order valence-corrected chi connectivity index (χ0v) is 34.1. The SMILES string of the molecule is C1=CC(P(c2ccccc2)c2ccccc2)C(c2c(P(c3ccccc3)c3ccccc3)ccc3ccccc23)c2ccccc21.CC(=O)O.CC(=O)O.[Ru]. The van der Waals surface area contributed by atoms with Gasteiger partial charge in [0.2, 0.25) is 0 Å². The van der Waals surface area contributed by atoms with E-state index in [2.05, 4.69) is 194 Å². The van der Waals surface area contributed by atoms with Gasteiger partial charge in [0.15, 0.2) is 0 Å². The van der Waals surface area contributed by atoms with E-state index >= 15 is 0 Å². The van der Waals surface area contributed by atoms with Crippen molar-refractivity contribution in [3.63, 3.8) is 0 Å². The quantitative estimate of drug-likeness (QED) is 0.124. The molecule has 0 saturated heterocycles. The molecule has 2 unspecified atom stereocenters. The molecule has 0 bridgehead atoms. The number of hydrogen-bond acceptors (Lipinski definition) is 2. The van der Waals surface area contributed by atoms with Gasteiger partial charge in [-0.25, -0.2) is 0 Å². The number of rotatable bonds is 7. The second-order valence-electron chi connectivity index (χ2n) is 12.8. The summed E-state index contributed by atoms with van der Waals surface area (Å²) < 4.78 is 0. The first-order chi connectivity index (χ1) is 26.3. The topological polar surface area (TPSA) is 74.6 Å². The molecule has 0 aliphatic heterocycles. The third-order valence-electron chi connectivity index (χ3n) is 9.04. The van der Waals surface area contributed by atoms with Gasteiger partial charge >= 0.3 is 0 Å². The van der Waals surface area contributed by atoms with Crippen molar-refractivity contribution in [3.8, 4) is 0 Å². The maximum absolute atomic E-state index is 9.00. The summed E-state index contributed by atoms with van der Waals surface area (Å²) in [6, 6.07) is 67.8. The van der Waals surface area contributed by atoms with E-state index in [1.54, 1.807) is 0 Å². The number of benzene rings is 7. The molecule has 1 aliphatic rings. The third-order valence-corrected chi connectivity index (χ3v) is 14.3. The summed E-state index contributed by atoms with van der Waals surface area (Å²) in [6.07, 6.45) is 4.93. The fraction of sp³-hybridized carbons (Fsp3) is 0.0833. The van der Waals surface area contributed by atoms with Crippen LogP contribution in [0.2, 0.25) is 0 Å². The normalized spacial score (nSPS) is 14.0. The Morgan fingerprint density at radius 3 is 1.44 bits per heavy atom. The van der Waals surface area contributed by atoms with E-state index in [1.807, 2.05) is 0 Å². The molecule has 4 nitrogen and oxygen atoms in total. The molecule has 0 spiro atoms. The van der Waals surface area contributed by atoms with Crippen LogP contribution >= 0.6 is 15.8 Å². The van der Waals surface area contributed by atoms with Gasteiger partial charge < -0.3 is 10.2 Å². The van der Waals surface area contributed by atoms with Crippen molar-refractivity contribution in [1.29, 1.82) is 0 Å². The molecule has 0 heterocycles. The summed E-state index contributed by atoms with van der Waals surface area (Å²) in [7, 11) is -1.55. The summed E-state index contributed by atoms with van der Waals surface area (Å²) >= 11 is 0. The van der Waals surface area contributed by atoms with Gasteiger partial charge in [-0.15, -0.1) is 0 Å². The van der Waals surface area contributed by atoms with Crippen LogP contribution in [-0.2, 0) is 29.1 Å². The Morgan fingerprint density at radius 1 is 0.509 bits per heavy atom. The van der Waals surface area contributed by atoms with Crippen molar-refractivity contribution in [1.82, 2.24) is 0 Å². The first-order valence-corrected chi connectivity index (χ1v) is 20.6. The number of fused-ring (bicyclic) bond motifs is 2. The van der Waals surface area contributed by atoms with Gasteiger partial charge in [-0.3, -0.25) is 9.59 Å². The fourth-order valence-corrected chi connectivity index (χ4v) is 12.4. The van der Waals surface area contributed by atoms with Crippen LogP contribution < -0.4 is 26.5 Å². The first-order valence-electron chi connectivity index (χ1n) is 17.8. The molecule has 8 rings (SSSR count). The Bertz CT molecular complexity index is 2240. The standard InChI is InChI=1S/C44H34P2.2C2H4O2.Ru/c1-5-19-35(20-6-1)45(36-21-7-2-8-22-36)41-31-29-33-17-13-15-27-39(33)43(41)44-40-28-16-14-18-34(40)30-32-42(44)46(37-23-9-3-10-24-37)38-25-11-4-12-26-38;2*1-2(3)4;/h1-32,41,43H;2*1H3,(H,3,4);. The average molecular weight is 846 g/mol. The van der Waals surface area contributed by atoms with Crippen LogP contribution in [0.15, 0.2) is 188 Å². The first kappa shape index (κ1) is 41.1. The summed E-state index contributed by atoms with van der Waals surface area (Å²) in [6.45, 7) is 2.17. The zero-order chi connectivity index (χ0) is 37.9. The van der Waals surface area contributed by atoms with Gasteiger partial charge in [-0.2, -0.15) is 0 Å². The Morgan fingerprint density at radius 2 is 0.927 bits per heavy atom. The van der Waals surface area contributed by atoms with Crippen LogP contribution in [0.3, 0.4) is 0 Å². The third kappa shape index (κ3) is 10.2. The minimum Gasteiger partial charge on any atom is -0.481 e. The largest absolute Gasteiger partial charge is 0.481 e. The van der Waals surface area contributed by atoms with Crippen LogP contribution in [0, 0.1) is 0 Å². The van der Waals surface area contributed by atoms with Crippen molar-refractivity contribution in [2.45, 2.75) is 25.4 Å². The minimum absolute atomic E-state index is 0. The molecule has 55 heavy (non-hydrogen) atoms. The monoisotopic (exact) mass is 846 g/mol. The van der Waals surface area contributed by atoms with Crippen LogP contribution in [0.5, 0.6) is 0 Å². The zero-order valence-electron chi connectivity index (χ0n) is 30.6. The molecular weight excluding hydrogens is 804 g/mol. The van der Waals surface area contributed by atoms with Crippen molar-refractivity contribution in [2.24, 2.45) is 0 Å². The van der Waals surface area contributed by atoms with E-state index in [4.69, 9.17) is 19.8 Å². The van der Waals surface area contributed by atoms with Crippen molar-refractivity contribution >= 4 is 71.2 Å². The van der Waals surface area contributed by atoms with Crippen LogP contribution in [0.4, 0.5) is 0 Å². The Labute approximate surface area is 338 Å². The molecule has 276 valence electrons. The molecular formula is C48H42O4P2Ru. The van der Waals surface area contributed by atoms with Gasteiger partial charge in [0.05, 0.1) is 0 Å². The number of carboxylic acid groups (broad SMARTS) is 2. The predicted octanol–water partition coefficient (Wildman–Crippen LogP) is 9.44. The number of hydrogen-bond donors (Lipinski definition) is 2. The Hall–Kier alpha value is -5.04. The molecule has 7 heteroatoms. The van der Waals surface area contributed by atoms with Crippen LogP contribution in [0.25, 0.3) is 16.8 Å². The molecule has 0 fully saturated rings. The summed E-state index contributed by atoms with van der Waals surface area (Å²) in [5, 5.41) is 24.5. The molecule has 7 aromatic carbocycles. The van der Waals surface area contributed by atoms with Gasteiger partial charge in [-0.1, -0.05) is 194 Å². The van der Waals surface area contributed by atoms with Crippen molar-refractivity contribution in [2.75, 3.05) is 0 Å². The molecule has 0 amide bonds. The summed E-state index contributed by atoms with van der Waals surface area (Å²) in [5.41, 5.74) is 4.48. The second kappa shape index (κ2) is 20.0. The van der Waals surface area contributed by atoms with Gasteiger partial charge in [0, 0.05) is 44.9 Å². The van der Waals surface area contributed by atoms with Gasteiger partial charge in [0.25, 0.3) is 11.9 Å². The predicted molar refractivity (Wildman–Crippen MR) is 229 cm³/mol. The number of carbonyl (C=O) groups is 2. The van der Waals surface area contributed by atoms with E-state index in [0.29, 0.717) is 0 Å². The molecule has 7 aromatic rings. The number of carboxylic acids is 2. The van der Waals surface area contributed by atoms with Crippen LogP contribution in [-0.4, -0.2) is 27.8 Å². The fourth-order valence-electron chi connectivity index (χ4n) is 7.06. The van der Waals surface area contributed by atoms with Crippen molar-refractivity contribution in [3.05, 3.63) is 205 Å². The van der Waals surface area contributed by atoms with E-state index in [1.165, 1.54) is 54.0 Å². The van der Waals surface area contributed by atoms with Gasteiger partial charge in [-0.05, 0) is 69.8 Å². The molecule has 2 N–H and O–H groups in total. The summed E-state index contributed by atoms with van der Waals surface area (Å²) in [4.78, 5) is 18.0. The maximum atomic E-state index is 9.00. The molecule has 2 atom stereocenters. The van der Waals surface area contributed by atoms with E-state index < -0.39 is 27.8 Å². The van der Waals surface area contributed by atoms with Crippen LogP contribution in [0.1, 0.15) is 36.5 Å². The Balaban J connectivity index is 0.000000591. The van der Waals surface area contributed by atoms with Crippen molar-refractivity contribution < 1.29 is 39.3 Å². The second-order valence-corrected chi connectivity index (χ2v) is 17.3. The molecule has 0 aromatic heterocycles. The maximum Gasteiger partial charge on any atom is 0.300 e. The Kier molecular flexibility index (Phi) is 15.0. The molecule has 0 radical (unpaired) electrons. The average Bonchev–Trinajstić information content (AvgIpc) is 3.19. The minimum atomic E-state index is -0.833. The van der Waals surface area contributed by atoms with Gasteiger partial charge in [0.1, 0.15) is 0 Å². The number of allylic oxidation sites excluding steroid dienone is 1. The number of aliphatic carboxylic acids is 2. The molecule has 0 saturated carbocycles. The van der Waals surface area contributed by atoms with E-state index in [-0.39, 0.29) is 31.1 Å². The summed E-state index contributed by atoms with van der Waals surface area (Å²) in [5.74, 6) is -1.49.